The maximum atomic E-state index is 11.1. The predicted octanol–water partition coefficient (Wildman–Crippen LogP) is 0.0753. The van der Waals surface area contributed by atoms with Gasteiger partial charge in [0.25, 0.3) is 0 Å². The van der Waals surface area contributed by atoms with Gasteiger partial charge in [0.2, 0.25) is 5.91 Å². The van der Waals surface area contributed by atoms with Crippen molar-refractivity contribution in [3.8, 4) is 0 Å². The molecule has 0 aromatic heterocycles. The first-order valence-electron chi connectivity index (χ1n) is 3.71. The minimum absolute atomic E-state index is 0.453. The van der Waals surface area contributed by atoms with E-state index in [-0.39, 0.29) is 0 Å². The molecule has 0 rings (SSSR count). The summed E-state index contributed by atoms with van der Waals surface area (Å²) < 4.78 is 4.32. The van der Waals surface area contributed by atoms with Crippen LogP contribution in [-0.2, 0) is 14.3 Å². The van der Waals surface area contributed by atoms with Gasteiger partial charge in [0.15, 0.2) is 0 Å². The number of nitrogens with one attached hydrogen (secondary N) is 1. The van der Waals surface area contributed by atoms with Crippen molar-refractivity contribution in [3.63, 3.8) is 0 Å². The van der Waals surface area contributed by atoms with Gasteiger partial charge in [-0.15, -0.1) is 0 Å². The normalized spacial score (nSPS) is 11.6. The molecule has 1 unspecified atom stereocenters. The first-order valence-corrected chi connectivity index (χ1v) is 4.59. The Morgan fingerprint density at radius 3 is 2.50 bits per heavy atom. The molecule has 0 radical (unpaired) electrons. The number of rotatable bonds is 4. The molecule has 0 bridgehead atoms. The SMILES string of the molecule is COC(=O)SC(C)C(=O)NCC(=O)O. The second kappa shape index (κ2) is 6.25. The molecular weight excluding hydrogens is 210 g/mol. The summed E-state index contributed by atoms with van der Waals surface area (Å²) in [6, 6.07) is 0. The molecule has 0 aliphatic carbocycles. The van der Waals surface area contributed by atoms with E-state index in [4.69, 9.17) is 5.11 Å². The van der Waals surface area contributed by atoms with Gasteiger partial charge in [0.1, 0.15) is 6.54 Å². The summed E-state index contributed by atoms with van der Waals surface area (Å²) in [7, 11) is 1.21. The third-order valence-electron chi connectivity index (χ3n) is 1.22. The summed E-state index contributed by atoms with van der Waals surface area (Å²) >= 11 is 0.693. The molecule has 0 heterocycles. The van der Waals surface area contributed by atoms with Crippen LogP contribution in [0.5, 0.6) is 0 Å². The number of amides is 1. The summed E-state index contributed by atoms with van der Waals surface area (Å²) in [4.78, 5) is 31.9. The first kappa shape index (κ1) is 12.8. The lowest BCUT2D eigenvalue weighted by Gasteiger charge is -2.08. The fourth-order valence-electron chi connectivity index (χ4n) is 0.552. The molecule has 0 saturated carbocycles. The Balaban J connectivity index is 3.87. The summed E-state index contributed by atoms with van der Waals surface area (Å²) in [5.74, 6) is -1.64. The Bertz CT molecular complexity index is 242. The quantitative estimate of drug-likeness (QED) is 0.653. The fourth-order valence-corrected chi connectivity index (χ4v) is 1.13. The highest BCUT2D eigenvalue weighted by atomic mass is 32.2. The minimum Gasteiger partial charge on any atom is -0.480 e. The summed E-state index contributed by atoms with van der Waals surface area (Å²) in [5.41, 5.74) is 0. The Kier molecular flexibility index (Phi) is 5.70. The molecule has 6 nitrogen and oxygen atoms in total. The summed E-state index contributed by atoms with van der Waals surface area (Å²) in [5, 5.41) is 9.16. The van der Waals surface area contributed by atoms with Gasteiger partial charge >= 0.3 is 11.3 Å². The summed E-state index contributed by atoms with van der Waals surface area (Å²) in [6.45, 7) is 1.03. The highest BCUT2D eigenvalue weighted by Crippen LogP contribution is 2.12. The average Bonchev–Trinajstić information content (AvgIpc) is 2.13. The zero-order chi connectivity index (χ0) is 11.1. The Hall–Kier alpha value is -1.24. The van der Waals surface area contributed by atoms with Gasteiger partial charge in [-0.2, -0.15) is 0 Å². The van der Waals surface area contributed by atoms with E-state index in [0.29, 0.717) is 11.8 Å². The topological polar surface area (TPSA) is 92.7 Å². The van der Waals surface area contributed by atoms with Crippen LogP contribution in [-0.4, -0.2) is 41.2 Å². The second-order valence-corrected chi connectivity index (χ2v) is 3.60. The van der Waals surface area contributed by atoms with Gasteiger partial charge in [-0.25, -0.2) is 4.79 Å². The zero-order valence-corrected chi connectivity index (χ0v) is 8.59. The molecule has 0 aromatic rings. The predicted molar refractivity (Wildman–Crippen MR) is 50.1 cm³/mol. The third-order valence-corrected chi connectivity index (χ3v) is 2.15. The maximum absolute atomic E-state index is 11.1. The van der Waals surface area contributed by atoms with E-state index < -0.39 is 29.0 Å². The number of methoxy groups -OCH3 is 1. The van der Waals surface area contributed by atoms with Gasteiger partial charge < -0.3 is 15.2 Å². The van der Waals surface area contributed by atoms with E-state index in [1.54, 1.807) is 0 Å². The third kappa shape index (κ3) is 5.41. The lowest BCUT2D eigenvalue weighted by Crippen LogP contribution is -2.35. The van der Waals surface area contributed by atoms with Crippen LogP contribution in [0.4, 0.5) is 4.79 Å². The Morgan fingerprint density at radius 2 is 2.07 bits per heavy atom. The molecule has 0 saturated heterocycles. The number of carbonyl (C=O) groups is 3. The number of carboxylic acids is 1. The zero-order valence-electron chi connectivity index (χ0n) is 7.77. The van der Waals surface area contributed by atoms with E-state index >= 15 is 0 Å². The van der Waals surface area contributed by atoms with Crippen molar-refractivity contribution >= 4 is 28.9 Å². The van der Waals surface area contributed by atoms with Gasteiger partial charge in [0.05, 0.1) is 12.4 Å². The van der Waals surface area contributed by atoms with Crippen molar-refractivity contribution in [2.24, 2.45) is 0 Å². The molecule has 0 aliphatic heterocycles. The largest absolute Gasteiger partial charge is 0.480 e. The van der Waals surface area contributed by atoms with E-state index in [1.165, 1.54) is 14.0 Å². The van der Waals surface area contributed by atoms with Crippen LogP contribution in [0.15, 0.2) is 0 Å². The smallest absolute Gasteiger partial charge is 0.367 e. The summed E-state index contributed by atoms with van der Waals surface area (Å²) in [6.07, 6.45) is 0. The number of carboxylic acid groups (broad SMARTS) is 1. The number of thioether (sulfide) groups is 1. The molecule has 80 valence electrons. The van der Waals surface area contributed by atoms with Crippen molar-refractivity contribution in [1.82, 2.24) is 5.32 Å². The van der Waals surface area contributed by atoms with Crippen LogP contribution in [0.2, 0.25) is 0 Å². The lowest BCUT2D eigenvalue weighted by atomic mass is 10.4. The van der Waals surface area contributed by atoms with Crippen LogP contribution in [0.3, 0.4) is 0 Å². The van der Waals surface area contributed by atoms with Crippen molar-refractivity contribution in [2.45, 2.75) is 12.2 Å². The molecule has 0 fully saturated rings. The van der Waals surface area contributed by atoms with Gasteiger partial charge in [-0.05, 0) is 18.7 Å². The minimum atomic E-state index is -1.13. The maximum Gasteiger partial charge on any atom is 0.367 e. The highest BCUT2D eigenvalue weighted by Gasteiger charge is 2.18. The Morgan fingerprint density at radius 1 is 1.50 bits per heavy atom. The van der Waals surface area contributed by atoms with Crippen molar-refractivity contribution < 1.29 is 24.2 Å². The molecule has 14 heavy (non-hydrogen) atoms. The first-order chi connectivity index (χ1) is 6.47. The lowest BCUT2D eigenvalue weighted by molar-refractivity contribution is -0.137. The van der Waals surface area contributed by atoms with Gasteiger partial charge in [-0.1, -0.05) is 0 Å². The van der Waals surface area contributed by atoms with E-state index in [9.17, 15) is 14.4 Å². The van der Waals surface area contributed by atoms with Crippen molar-refractivity contribution in [3.05, 3.63) is 0 Å². The van der Waals surface area contributed by atoms with E-state index in [1.807, 2.05) is 0 Å². The molecule has 1 atom stereocenters. The molecule has 1 amide bonds. The van der Waals surface area contributed by atoms with Crippen LogP contribution in [0.25, 0.3) is 0 Å². The molecule has 0 spiro atoms. The number of hydrogen-bond acceptors (Lipinski definition) is 5. The molecule has 7 heteroatoms. The van der Waals surface area contributed by atoms with E-state index in [2.05, 4.69) is 10.1 Å². The van der Waals surface area contributed by atoms with E-state index in [0.717, 1.165) is 0 Å². The number of carbonyl (C=O) groups excluding carboxylic acids is 2. The van der Waals surface area contributed by atoms with Crippen LogP contribution in [0, 0.1) is 0 Å². The number of hydrogen-bond donors (Lipinski definition) is 2. The second-order valence-electron chi connectivity index (χ2n) is 2.33. The highest BCUT2D eigenvalue weighted by molar-refractivity contribution is 8.14. The molecule has 0 aromatic carbocycles. The average molecular weight is 221 g/mol. The monoisotopic (exact) mass is 221 g/mol. The number of aliphatic carboxylic acids is 1. The van der Waals surface area contributed by atoms with Gasteiger partial charge in [0, 0.05) is 0 Å². The molecular formula is C7H11NO5S. The standard InChI is InChI=1S/C7H11NO5S/c1-4(14-7(12)13-2)6(11)8-3-5(9)10/h4H,3H2,1-2H3,(H,8,11)(H,9,10). The van der Waals surface area contributed by atoms with Crippen molar-refractivity contribution in [1.29, 1.82) is 0 Å². The van der Waals surface area contributed by atoms with Crippen LogP contribution < -0.4 is 5.32 Å². The van der Waals surface area contributed by atoms with Gasteiger partial charge in [-0.3, -0.25) is 9.59 Å². The van der Waals surface area contributed by atoms with Crippen molar-refractivity contribution in [2.75, 3.05) is 13.7 Å². The Labute approximate surface area is 85.0 Å². The molecule has 0 aliphatic rings. The fraction of sp³-hybridized carbons (Fsp3) is 0.571. The van der Waals surface area contributed by atoms with Crippen LogP contribution >= 0.6 is 11.8 Å². The molecule has 2 N–H and O–H groups in total. The van der Waals surface area contributed by atoms with Crippen LogP contribution in [0.1, 0.15) is 6.92 Å². The number of ether oxygens (including phenoxy) is 1.